The molecule has 1 aliphatic rings. The molecule has 0 atom stereocenters. The van der Waals surface area contributed by atoms with Gasteiger partial charge < -0.3 is 19.7 Å². The van der Waals surface area contributed by atoms with Gasteiger partial charge >= 0.3 is 0 Å². The van der Waals surface area contributed by atoms with E-state index in [0.29, 0.717) is 43.1 Å². The van der Waals surface area contributed by atoms with Crippen LogP contribution in [0.2, 0.25) is 0 Å². The van der Waals surface area contributed by atoms with Crippen molar-refractivity contribution < 1.29 is 19.1 Å². The number of rotatable bonds is 10. The molecule has 166 valence electrons. The van der Waals surface area contributed by atoms with E-state index in [1.54, 1.807) is 18.2 Å². The Morgan fingerprint density at radius 2 is 1.81 bits per heavy atom. The number of carbonyl (C=O) groups excluding carboxylic acids is 2. The van der Waals surface area contributed by atoms with Gasteiger partial charge in [0.15, 0.2) is 17.3 Å². The molecule has 0 aliphatic carbocycles. The van der Waals surface area contributed by atoms with Crippen LogP contribution in [0.3, 0.4) is 0 Å². The second-order valence-corrected chi connectivity index (χ2v) is 8.64. The van der Waals surface area contributed by atoms with Gasteiger partial charge in [-0.25, -0.2) is 0 Å². The normalized spacial score (nSPS) is 13.5. The average molecular weight is 443 g/mol. The second kappa shape index (κ2) is 11.6. The van der Waals surface area contributed by atoms with Crippen molar-refractivity contribution in [3.63, 3.8) is 0 Å². The summed E-state index contributed by atoms with van der Waals surface area (Å²) in [4.78, 5) is 26.0. The van der Waals surface area contributed by atoms with Gasteiger partial charge in [-0.3, -0.25) is 9.59 Å². The number of methoxy groups -OCH3 is 1. The van der Waals surface area contributed by atoms with Gasteiger partial charge in [-0.2, -0.15) is 11.8 Å². The van der Waals surface area contributed by atoms with E-state index in [1.807, 2.05) is 11.8 Å². The number of nitrogens with one attached hydrogen (secondary N) is 1. The molecule has 7 heteroatoms. The van der Waals surface area contributed by atoms with Crippen LogP contribution in [0.5, 0.6) is 11.5 Å². The van der Waals surface area contributed by atoms with Crippen LogP contribution in [0.15, 0.2) is 42.5 Å². The van der Waals surface area contributed by atoms with E-state index in [0.717, 1.165) is 18.7 Å². The molecule has 2 aromatic carbocycles. The minimum Gasteiger partial charge on any atom is -0.493 e. The lowest BCUT2D eigenvalue weighted by molar-refractivity contribution is -0.121. The molecule has 1 fully saturated rings. The molecule has 0 aromatic heterocycles. The fourth-order valence-electron chi connectivity index (χ4n) is 3.36. The highest BCUT2D eigenvalue weighted by molar-refractivity contribution is 7.99. The topological polar surface area (TPSA) is 67.9 Å². The number of nitrogens with zero attached hydrogens (tertiary/aromatic N) is 1. The van der Waals surface area contributed by atoms with Crippen molar-refractivity contribution >= 4 is 29.1 Å². The average Bonchev–Trinajstić information content (AvgIpc) is 2.81. The van der Waals surface area contributed by atoms with Gasteiger partial charge in [0.1, 0.15) is 0 Å². The highest BCUT2D eigenvalue weighted by Gasteiger charge is 2.11. The number of ketones is 1. The Bertz CT molecular complexity index is 880. The Labute approximate surface area is 188 Å². The molecule has 1 amide bonds. The Morgan fingerprint density at radius 1 is 1.06 bits per heavy atom. The third-order valence-electron chi connectivity index (χ3n) is 5.18. The maximum Gasteiger partial charge on any atom is 0.220 e. The predicted octanol–water partition coefficient (Wildman–Crippen LogP) is 3.93. The fourth-order valence-corrected chi connectivity index (χ4v) is 4.26. The lowest BCUT2D eigenvalue weighted by Gasteiger charge is -2.28. The standard InChI is InChI=1S/C24H30N2O4S/c1-18(27)20-7-10-22(23(16-20)29-2)30-13-3-4-24(28)25-17-19-5-8-21(9-6-19)26-11-14-31-15-12-26/h5-10,16H,3-4,11-15,17H2,1-2H3,(H,25,28). The maximum absolute atomic E-state index is 12.1. The summed E-state index contributed by atoms with van der Waals surface area (Å²) in [5.74, 6) is 3.42. The quantitative estimate of drug-likeness (QED) is 0.444. The molecular formula is C24H30N2O4S. The first-order valence-electron chi connectivity index (χ1n) is 10.6. The third kappa shape index (κ3) is 6.92. The van der Waals surface area contributed by atoms with Crippen molar-refractivity contribution in [3.05, 3.63) is 53.6 Å². The van der Waals surface area contributed by atoms with Crippen LogP contribution in [0, 0.1) is 0 Å². The van der Waals surface area contributed by atoms with E-state index < -0.39 is 0 Å². The second-order valence-electron chi connectivity index (χ2n) is 7.42. The van der Waals surface area contributed by atoms with Crippen molar-refractivity contribution in [1.29, 1.82) is 0 Å². The van der Waals surface area contributed by atoms with Crippen molar-refractivity contribution in [2.45, 2.75) is 26.3 Å². The van der Waals surface area contributed by atoms with Gasteiger partial charge in [0, 0.05) is 48.8 Å². The predicted molar refractivity (Wildman–Crippen MR) is 126 cm³/mol. The smallest absolute Gasteiger partial charge is 0.220 e. The molecule has 1 N–H and O–H groups in total. The highest BCUT2D eigenvalue weighted by Crippen LogP contribution is 2.28. The van der Waals surface area contributed by atoms with Crippen LogP contribution in [-0.2, 0) is 11.3 Å². The van der Waals surface area contributed by atoms with Gasteiger partial charge in [0.25, 0.3) is 0 Å². The number of Topliss-reactive ketones (excluding diaryl/α,β-unsaturated/α-hetero) is 1. The monoisotopic (exact) mass is 442 g/mol. The first-order valence-corrected chi connectivity index (χ1v) is 11.7. The third-order valence-corrected chi connectivity index (χ3v) is 6.12. The zero-order valence-corrected chi connectivity index (χ0v) is 19.0. The number of thioether (sulfide) groups is 1. The molecule has 0 unspecified atom stereocenters. The maximum atomic E-state index is 12.1. The molecule has 0 spiro atoms. The summed E-state index contributed by atoms with van der Waals surface area (Å²) >= 11 is 2.00. The van der Waals surface area contributed by atoms with Crippen LogP contribution >= 0.6 is 11.8 Å². The highest BCUT2D eigenvalue weighted by atomic mass is 32.2. The molecule has 0 saturated carbocycles. The molecule has 0 radical (unpaired) electrons. The molecule has 31 heavy (non-hydrogen) atoms. The minimum atomic E-state index is -0.0262. The van der Waals surface area contributed by atoms with Crippen molar-refractivity contribution in [2.75, 3.05) is 43.2 Å². The Hall–Kier alpha value is -2.67. The number of ether oxygens (including phenoxy) is 2. The number of carbonyl (C=O) groups is 2. The van der Waals surface area contributed by atoms with Gasteiger partial charge in [0.05, 0.1) is 13.7 Å². The Kier molecular flexibility index (Phi) is 8.64. The molecule has 2 aromatic rings. The summed E-state index contributed by atoms with van der Waals surface area (Å²) in [6, 6.07) is 13.5. The van der Waals surface area contributed by atoms with E-state index in [2.05, 4.69) is 34.5 Å². The zero-order chi connectivity index (χ0) is 22.1. The Balaban J connectivity index is 1.37. The van der Waals surface area contributed by atoms with E-state index in [1.165, 1.54) is 31.2 Å². The largest absolute Gasteiger partial charge is 0.493 e. The Morgan fingerprint density at radius 3 is 2.48 bits per heavy atom. The molecular weight excluding hydrogens is 412 g/mol. The van der Waals surface area contributed by atoms with Crippen molar-refractivity contribution in [2.24, 2.45) is 0 Å². The summed E-state index contributed by atoms with van der Waals surface area (Å²) in [5, 5.41) is 2.97. The van der Waals surface area contributed by atoms with Gasteiger partial charge in [-0.15, -0.1) is 0 Å². The number of hydrogen-bond acceptors (Lipinski definition) is 6. The van der Waals surface area contributed by atoms with Crippen LogP contribution in [-0.4, -0.2) is 50.0 Å². The van der Waals surface area contributed by atoms with E-state index in [-0.39, 0.29) is 11.7 Å². The van der Waals surface area contributed by atoms with Gasteiger partial charge in [0.2, 0.25) is 5.91 Å². The summed E-state index contributed by atoms with van der Waals surface area (Å²) in [7, 11) is 1.54. The molecule has 6 nitrogen and oxygen atoms in total. The zero-order valence-electron chi connectivity index (χ0n) is 18.2. The molecule has 3 rings (SSSR count). The summed E-state index contributed by atoms with van der Waals surface area (Å²) in [6.45, 7) is 4.61. The SMILES string of the molecule is COc1cc(C(C)=O)ccc1OCCCC(=O)NCc1ccc(N2CCSCC2)cc1. The van der Waals surface area contributed by atoms with Crippen LogP contribution in [0.1, 0.15) is 35.7 Å². The van der Waals surface area contributed by atoms with Crippen LogP contribution in [0.4, 0.5) is 5.69 Å². The van der Waals surface area contributed by atoms with E-state index in [4.69, 9.17) is 9.47 Å². The number of hydrogen-bond donors (Lipinski definition) is 1. The summed E-state index contributed by atoms with van der Waals surface area (Å²) in [6.07, 6.45) is 0.979. The van der Waals surface area contributed by atoms with Crippen LogP contribution in [0.25, 0.3) is 0 Å². The van der Waals surface area contributed by atoms with E-state index in [9.17, 15) is 9.59 Å². The number of benzene rings is 2. The van der Waals surface area contributed by atoms with Crippen LogP contribution < -0.4 is 19.7 Å². The first-order chi connectivity index (χ1) is 15.1. The van der Waals surface area contributed by atoms with Crippen molar-refractivity contribution in [1.82, 2.24) is 5.32 Å². The summed E-state index contributed by atoms with van der Waals surface area (Å²) in [5.41, 5.74) is 2.92. The summed E-state index contributed by atoms with van der Waals surface area (Å²) < 4.78 is 11.0. The lowest BCUT2D eigenvalue weighted by atomic mass is 10.1. The minimum absolute atomic E-state index is 0.000348. The van der Waals surface area contributed by atoms with Gasteiger partial charge in [-0.05, 0) is 49.2 Å². The van der Waals surface area contributed by atoms with Crippen molar-refractivity contribution in [3.8, 4) is 11.5 Å². The lowest BCUT2D eigenvalue weighted by Crippen LogP contribution is -2.32. The number of anilines is 1. The van der Waals surface area contributed by atoms with E-state index >= 15 is 0 Å². The first kappa shape index (κ1) is 23.0. The molecule has 1 saturated heterocycles. The molecule has 1 heterocycles. The molecule has 1 aliphatic heterocycles. The van der Waals surface area contributed by atoms with Gasteiger partial charge in [-0.1, -0.05) is 12.1 Å². The molecule has 0 bridgehead atoms. The fraction of sp³-hybridized carbons (Fsp3) is 0.417. The number of amides is 1.